The van der Waals surface area contributed by atoms with E-state index in [9.17, 15) is 82.4 Å². The van der Waals surface area contributed by atoms with Gasteiger partial charge in [-0.1, -0.05) is 42.0 Å². The van der Waals surface area contributed by atoms with Crippen molar-refractivity contribution in [1.82, 2.24) is 31.0 Å². The molecular weight excluding hydrogens is 1100 g/mol. The second-order valence-electron chi connectivity index (χ2n) is 17.5. The lowest BCUT2D eigenvalue weighted by atomic mass is 9.94. The van der Waals surface area contributed by atoms with E-state index in [0.717, 1.165) is 10.2 Å². The van der Waals surface area contributed by atoms with Crippen LogP contribution in [0, 0.1) is 18.7 Å². The Morgan fingerprint density at radius 2 is 1.20 bits per heavy atom. The maximum absolute atomic E-state index is 14.2. The Balaban J connectivity index is 0.0000104. The molecule has 5 amide bonds. The third-order valence-electron chi connectivity index (χ3n) is 11.6. The van der Waals surface area contributed by atoms with E-state index in [1.54, 1.807) is 61.5 Å². The molecule has 3 aromatic carbocycles. The van der Waals surface area contributed by atoms with Crippen molar-refractivity contribution in [2.45, 2.75) is 102 Å². The molecule has 0 spiro atoms. The van der Waals surface area contributed by atoms with Gasteiger partial charge in [-0.05, 0) is 73.6 Å². The molecule has 0 aliphatic rings. The molecule has 1 aromatic heterocycles. The Morgan fingerprint density at radius 1 is 0.646 bits per heavy atom. The van der Waals surface area contributed by atoms with Crippen LogP contribution in [0.3, 0.4) is 0 Å². The van der Waals surface area contributed by atoms with Crippen LogP contribution in [0.1, 0.15) is 80.1 Å². The Kier molecular flexibility index (Phi) is 28.4. The first-order chi connectivity index (χ1) is 35.8. The van der Waals surface area contributed by atoms with Crippen LogP contribution in [-0.2, 0) is 59.2 Å². The predicted octanol–water partition coefficient (Wildman–Crippen LogP) is 1.30. The molecule has 1 heterocycles. The van der Waals surface area contributed by atoms with Gasteiger partial charge in [0.05, 0.1) is 42.2 Å². The fourth-order valence-corrected chi connectivity index (χ4v) is 7.62. The van der Waals surface area contributed by atoms with Crippen molar-refractivity contribution in [2.24, 2.45) is 11.7 Å². The number of aliphatic carboxylic acids is 5. The Bertz CT molecular complexity index is 2910. The zero-order valence-electron chi connectivity index (χ0n) is 42.2. The molecule has 4 rings (SSSR count). The number of halogens is 1. The number of carboxylic acid groups (broad SMARTS) is 5. The molecule has 0 bridgehead atoms. The van der Waals surface area contributed by atoms with Crippen LogP contribution in [0.5, 0.6) is 0 Å². The third kappa shape index (κ3) is 21.7. The van der Waals surface area contributed by atoms with Crippen molar-refractivity contribution >= 4 is 134 Å². The molecule has 0 saturated heterocycles. The average molecular weight is 1160 g/mol. The monoisotopic (exact) mass is 1160 g/mol. The highest BCUT2D eigenvalue weighted by molar-refractivity contribution is 7.59. The first-order valence-corrected chi connectivity index (χ1v) is 23.3. The number of carboxylic acids is 5. The van der Waals surface area contributed by atoms with Crippen molar-refractivity contribution in [3.63, 3.8) is 0 Å². The van der Waals surface area contributed by atoms with Crippen LogP contribution >= 0.6 is 40.5 Å². The maximum Gasteiger partial charge on any atom is 0.326 e. The number of benzene rings is 3. The largest absolute Gasteiger partial charge is 0.481 e. The van der Waals surface area contributed by atoms with Gasteiger partial charge >= 0.3 is 29.8 Å². The number of hydrogen-bond acceptors (Lipinski definition) is 15. The average Bonchev–Trinajstić information content (AvgIpc) is 3.70. The van der Waals surface area contributed by atoms with E-state index in [2.05, 4.69) is 31.7 Å². The summed E-state index contributed by atoms with van der Waals surface area (Å²) in [4.78, 5) is 147. The van der Waals surface area contributed by atoms with Gasteiger partial charge < -0.3 is 63.6 Å². The van der Waals surface area contributed by atoms with E-state index in [0.29, 0.717) is 22.2 Å². The maximum atomic E-state index is 14.2. The molecular formula is C49H62FN9O17S3. The number of rotatable bonds is 30. The second-order valence-corrected chi connectivity index (χ2v) is 17.5. The molecule has 14 N–H and O–H groups in total. The fraction of sp³-hybridized carbons (Fsp3) is 0.367. The fourth-order valence-electron chi connectivity index (χ4n) is 7.62. The van der Waals surface area contributed by atoms with Crippen LogP contribution in [0.2, 0.25) is 0 Å². The van der Waals surface area contributed by atoms with Crippen LogP contribution in [0.15, 0.2) is 60.7 Å². The molecule has 30 heteroatoms. The molecule has 0 unspecified atom stereocenters. The number of amides is 5. The molecule has 0 saturated carbocycles. The van der Waals surface area contributed by atoms with Crippen molar-refractivity contribution in [1.29, 1.82) is 0 Å². The zero-order chi connectivity index (χ0) is 56.4. The van der Waals surface area contributed by atoms with Crippen molar-refractivity contribution < 1.29 is 87.5 Å². The Hall–Kier alpha value is -8.09. The molecule has 0 aliphatic heterocycles. The molecule has 4 aromatic rings. The Labute approximate surface area is 470 Å². The summed E-state index contributed by atoms with van der Waals surface area (Å²) in [5, 5.41) is 62.8. The number of nitrogens with two attached hydrogens (primary N) is 2. The summed E-state index contributed by atoms with van der Waals surface area (Å²) < 4.78 is 15.2. The summed E-state index contributed by atoms with van der Waals surface area (Å²) in [6.45, 7) is 1.14. The number of nitrogen functional groups attached to an aromatic ring is 1. The van der Waals surface area contributed by atoms with Gasteiger partial charge in [0.15, 0.2) is 5.82 Å². The highest BCUT2D eigenvalue weighted by atomic mass is 32.1. The number of nitrogens with zero attached hydrogens (tertiary/aromatic N) is 2. The smallest absolute Gasteiger partial charge is 0.326 e. The predicted molar refractivity (Wildman–Crippen MR) is 294 cm³/mol. The standard InChI is InChI=1S/C49H56FN9O17.3H2S/c1-24-5-12-31(50)27(19-24)21-40(64)54-28-9-6-25(7-10-28)30-3-2-4-36-43(30)44(52)58-59(36)41(65)23-53-39(63)22-32(51)45(68)57-35(49(75)76)15-17-38(62)56-34(48(73)74)14-16-37(61)55-33(47(71)72)13-11-29(60)20-26(46(69)70)8-18-42(66)67;;;/h2-7,9-10,12,19,26,32-35H,8,11,13-18,20-23,51H2,1H3,(H2,52,58)(H,53,63)(H,54,64)(H,55,61)(H,56,62)(H,57,68)(H,66,67)(H,69,70)(H,71,72)(H,73,74)(H,75,76);3*1H2/t26-,32+,33+,34+,35+;;;/m1.../s1. The van der Waals surface area contributed by atoms with Crippen LogP contribution in [0.4, 0.5) is 15.9 Å². The third-order valence-corrected chi connectivity index (χ3v) is 11.6. The number of fused-ring (bicyclic) bond motifs is 1. The van der Waals surface area contributed by atoms with E-state index in [1.807, 2.05) is 0 Å². The van der Waals surface area contributed by atoms with E-state index in [1.165, 1.54) is 6.07 Å². The number of carbonyl (C=O) groups excluding carboxylic acids is 7. The van der Waals surface area contributed by atoms with Crippen LogP contribution in [0.25, 0.3) is 22.0 Å². The molecule has 0 aliphatic carbocycles. The highest BCUT2D eigenvalue weighted by Gasteiger charge is 2.29. The molecule has 5 atom stereocenters. The summed E-state index contributed by atoms with van der Waals surface area (Å²) in [5.41, 5.74) is 15.1. The number of Topliss-reactive ketones (excluding diaryl/α,β-unsaturated/α-hetero) is 1. The first-order valence-electron chi connectivity index (χ1n) is 23.3. The van der Waals surface area contributed by atoms with Crippen LogP contribution in [-0.4, -0.2) is 137 Å². The normalized spacial score (nSPS) is 12.4. The van der Waals surface area contributed by atoms with E-state index >= 15 is 0 Å². The zero-order valence-corrected chi connectivity index (χ0v) is 45.2. The van der Waals surface area contributed by atoms with E-state index in [4.69, 9.17) is 16.6 Å². The quantitative estimate of drug-likeness (QED) is 0.0350. The second kappa shape index (κ2) is 32.6. The number of aromatic nitrogens is 2. The lowest BCUT2D eigenvalue weighted by molar-refractivity contribution is -0.145. The van der Waals surface area contributed by atoms with Gasteiger partial charge in [-0.25, -0.2) is 18.8 Å². The van der Waals surface area contributed by atoms with Gasteiger partial charge in [0, 0.05) is 37.8 Å². The molecule has 79 heavy (non-hydrogen) atoms. The lowest BCUT2D eigenvalue weighted by Gasteiger charge is -2.19. The Morgan fingerprint density at radius 3 is 1.75 bits per heavy atom. The SMILES string of the molecule is Cc1ccc(F)c(CC(=O)Nc2ccc(-c3cccc4c3c(N)nn4C(=O)CNC(=O)C[C@H](N)C(=O)N[C@@H](CCC(=O)N[C@@H](CCC(=O)N[C@@H](CCC(=O)C[C@@H](CCC(=O)O)C(=O)O)C(=O)O)C(=O)O)C(=O)O)cc2)c1.S.S.S. The number of hydrogen-bond donors (Lipinski definition) is 12. The van der Waals surface area contributed by atoms with Gasteiger partial charge in [-0.2, -0.15) is 45.2 Å². The summed E-state index contributed by atoms with van der Waals surface area (Å²) in [6.07, 6.45) is -5.87. The topological polar surface area (TPSA) is 436 Å². The first kappa shape index (κ1) is 68.9. The van der Waals surface area contributed by atoms with Gasteiger partial charge in [-0.15, -0.1) is 5.10 Å². The summed E-state index contributed by atoms with van der Waals surface area (Å²) in [5.74, 6) is -15.3. The molecule has 430 valence electrons. The van der Waals surface area contributed by atoms with Crippen molar-refractivity contribution in [3.8, 4) is 11.1 Å². The van der Waals surface area contributed by atoms with Crippen LogP contribution < -0.4 is 38.1 Å². The van der Waals surface area contributed by atoms with Gasteiger partial charge in [0.2, 0.25) is 29.5 Å². The lowest BCUT2D eigenvalue weighted by Crippen LogP contribution is -2.50. The minimum Gasteiger partial charge on any atom is -0.481 e. The summed E-state index contributed by atoms with van der Waals surface area (Å²) in [7, 11) is 0. The summed E-state index contributed by atoms with van der Waals surface area (Å²) >= 11 is 0. The molecule has 26 nitrogen and oxygen atoms in total. The molecule has 0 fully saturated rings. The number of aryl methyl sites for hydroxylation is 1. The number of ketones is 1. The van der Waals surface area contributed by atoms with E-state index < -0.39 is 171 Å². The van der Waals surface area contributed by atoms with Gasteiger partial charge in [0.1, 0.15) is 29.7 Å². The molecule has 0 radical (unpaired) electrons. The van der Waals surface area contributed by atoms with Gasteiger partial charge in [0.25, 0.3) is 5.91 Å². The number of anilines is 2. The number of carbonyl (C=O) groups is 12. The number of nitrogens with one attached hydrogen (secondary N) is 5. The highest BCUT2D eigenvalue weighted by Crippen LogP contribution is 2.33. The summed E-state index contributed by atoms with van der Waals surface area (Å²) in [6, 6.07) is 9.24. The van der Waals surface area contributed by atoms with Crippen molar-refractivity contribution in [3.05, 3.63) is 77.6 Å². The van der Waals surface area contributed by atoms with Gasteiger partial charge in [-0.3, -0.25) is 43.2 Å². The van der Waals surface area contributed by atoms with Crippen molar-refractivity contribution in [2.75, 3.05) is 17.6 Å². The minimum atomic E-state index is -1.77. The van der Waals surface area contributed by atoms with E-state index in [-0.39, 0.29) is 70.2 Å². The minimum absolute atomic E-state index is 0.